The van der Waals surface area contributed by atoms with E-state index < -0.39 is 18.3 Å². The molecular formula is C12H12F4O2S. The number of halogens is 4. The summed E-state index contributed by atoms with van der Waals surface area (Å²) in [5, 5.41) is 0. The minimum absolute atomic E-state index is 0.164. The maximum Gasteiger partial charge on any atom is 0.461 e. The molecule has 0 unspecified atom stereocenters. The van der Waals surface area contributed by atoms with E-state index in [9.17, 15) is 22.4 Å². The number of alkyl halides is 4. The van der Waals surface area contributed by atoms with Crippen LogP contribution in [0.3, 0.4) is 0 Å². The van der Waals surface area contributed by atoms with E-state index in [4.69, 9.17) is 0 Å². The molecule has 0 saturated carbocycles. The molecule has 106 valence electrons. The van der Waals surface area contributed by atoms with Gasteiger partial charge in [-0.25, -0.2) is 0 Å². The topological polar surface area (TPSA) is 26.3 Å². The Labute approximate surface area is 112 Å². The monoisotopic (exact) mass is 296 g/mol. The standard InChI is InChI=1S/C12H12F4O2S/c1-19-6-5-10(17)8-3-2-4-9(7-8)18-12(15,16)11(13)14/h2-4,7,11H,5-6H2,1H3. The fourth-order valence-corrected chi connectivity index (χ4v) is 1.66. The lowest BCUT2D eigenvalue weighted by Gasteiger charge is -2.17. The van der Waals surface area contributed by atoms with Gasteiger partial charge in [-0.05, 0) is 18.4 Å². The number of carbonyl (C=O) groups is 1. The molecular weight excluding hydrogens is 284 g/mol. The molecule has 0 fully saturated rings. The van der Waals surface area contributed by atoms with Gasteiger partial charge >= 0.3 is 12.5 Å². The molecule has 0 aliphatic carbocycles. The molecule has 1 aromatic carbocycles. The summed E-state index contributed by atoms with van der Waals surface area (Å²) in [5.74, 6) is -0.114. The Morgan fingerprint density at radius 2 is 2.11 bits per heavy atom. The van der Waals surface area contributed by atoms with Crippen LogP contribution in [-0.2, 0) is 0 Å². The molecule has 1 rings (SSSR count). The van der Waals surface area contributed by atoms with E-state index in [0.717, 1.165) is 12.1 Å². The van der Waals surface area contributed by atoms with Crippen molar-refractivity contribution in [3.8, 4) is 5.75 Å². The Morgan fingerprint density at radius 3 is 2.68 bits per heavy atom. The Balaban J connectivity index is 2.80. The molecule has 19 heavy (non-hydrogen) atoms. The number of carbonyl (C=O) groups excluding carboxylic acids is 1. The third-order valence-corrected chi connectivity index (χ3v) is 2.81. The van der Waals surface area contributed by atoms with Gasteiger partial charge in [0.05, 0.1) is 0 Å². The molecule has 0 saturated heterocycles. The zero-order valence-corrected chi connectivity index (χ0v) is 10.9. The average Bonchev–Trinajstić information content (AvgIpc) is 2.35. The number of Topliss-reactive ketones (excluding diaryl/α,β-unsaturated/α-hetero) is 1. The normalized spacial score (nSPS) is 11.7. The van der Waals surface area contributed by atoms with Crippen molar-refractivity contribution in [2.24, 2.45) is 0 Å². The Morgan fingerprint density at radius 1 is 1.42 bits per heavy atom. The Bertz CT molecular complexity index is 437. The van der Waals surface area contributed by atoms with Gasteiger partial charge in [-0.3, -0.25) is 4.79 Å². The lowest BCUT2D eigenvalue weighted by atomic mass is 10.1. The number of benzene rings is 1. The van der Waals surface area contributed by atoms with Crippen LogP contribution in [-0.4, -0.2) is 30.3 Å². The van der Waals surface area contributed by atoms with Crippen LogP contribution in [0, 0.1) is 0 Å². The first-order valence-corrected chi connectivity index (χ1v) is 6.73. The SMILES string of the molecule is CSCCC(=O)c1cccc(OC(F)(F)C(F)F)c1. The van der Waals surface area contributed by atoms with Gasteiger partial charge in [-0.15, -0.1) is 0 Å². The number of ketones is 1. The van der Waals surface area contributed by atoms with Crippen LogP contribution < -0.4 is 4.74 Å². The molecule has 0 N–H and O–H groups in total. The van der Waals surface area contributed by atoms with Crippen molar-refractivity contribution in [3.63, 3.8) is 0 Å². The zero-order chi connectivity index (χ0) is 14.5. The summed E-state index contributed by atoms with van der Waals surface area (Å²) in [6.45, 7) is 0. The van der Waals surface area contributed by atoms with Crippen LogP contribution in [0.25, 0.3) is 0 Å². The smallest absolute Gasteiger partial charge is 0.428 e. The number of hydrogen-bond acceptors (Lipinski definition) is 3. The predicted octanol–water partition coefficient (Wildman–Crippen LogP) is 3.86. The van der Waals surface area contributed by atoms with Crippen molar-refractivity contribution < 1.29 is 27.1 Å². The maximum absolute atomic E-state index is 12.7. The lowest BCUT2D eigenvalue weighted by molar-refractivity contribution is -0.253. The van der Waals surface area contributed by atoms with Crippen molar-refractivity contribution >= 4 is 17.5 Å². The molecule has 0 aliphatic rings. The molecule has 0 bridgehead atoms. The van der Waals surface area contributed by atoms with Crippen LogP contribution in [0.1, 0.15) is 16.8 Å². The highest BCUT2D eigenvalue weighted by molar-refractivity contribution is 7.98. The van der Waals surface area contributed by atoms with Gasteiger partial charge in [0, 0.05) is 17.7 Å². The van der Waals surface area contributed by atoms with Crippen LogP contribution >= 0.6 is 11.8 Å². The molecule has 7 heteroatoms. The summed E-state index contributed by atoms with van der Waals surface area (Å²) in [6.07, 6.45) is -6.42. The number of hydrogen-bond donors (Lipinski definition) is 0. The third-order valence-electron chi connectivity index (χ3n) is 2.20. The highest BCUT2D eigenvalue weighted by Crippen LogP contribution is 2.28. The molecule has 0 spiro atoms. The highest BCUT2D eigenvalue weighted by Gasteiger charge is 2.44. The van der Waals surface area contributed by atoms with E-state index in [-0.39, 0.29) is 17.8 Å². The minimum Gasteiger partial charge on any atom is -0.428 e. The predicted molar refractivity (Wildman–Crippen MR) is 65.4 cm³/mol. The Kier molecular flexibility index (Phi) is 5.65. The fraction of sp³-hybridized carbons (Fsp3) is 0.417. The van der Waals surface area contributed by atoms with Gasteiger partial charge in [0.1, 0.15) is 5.75 Å². The van der Waals surface area contributed by atoms with E-state index in [1.807, 2.05) is 6.26 Å². The maximum atomic E-state index is 12.7. The van der Waals surface area contributed by atoms with Crippen LogP contribution in [0.15, 0.2) is 24.3 Å². The minimum atomic E-state index is -4.57. The van der Waals surface area contributed by atoms with E-state index >= 15 is 0 Å². The van der Waals surface area contributed by atoms with Gasteiger partial charge in [0.2, 0.25) is 0 Å². The van der Waals surface area contributed by atoms with Gasteiger partial charge in [-0.2, -0.15) is 29.3 Å². The molecule has 0 amide bonds. The second kappa shape index (κ2) is 6.79. The molecule has 1 aromatic rings. The average molecular weight is 296 g/mol. The summed E-state index contributed by atoms with van der Waals surface area (Å²) >= 11 is 1.47. The van der Waals surface area contributed by atoms with Gasteiger partial charge in [0.25, 0.3) is 0 Å². The first kappa shape index (κ1) is 15.8. The number of thioether (sulfide) groups is 1. The molecule has 0 heterocycles. The molecule has 0 aromatic heterocycles. The van der Waals surface area contributed by atoms with Gasteiger partial charge < -0.3 is 4.74 Å². The first-order valence-electron chi connectivity index (χ1n) is 5.34. The number of ether oxygens (including phenoxy) is 1. The van der Waals surface area contributed by atoms with Crippen LogP contribution in [0.4, 0.5) is 17.6 Å². The largest absolute Gasteiger partial charge is 0.461 e. The van der Waals surface area contributed by atoms with E-state index in [1.54, 1.807) is 0 Å². The van der Waals surface area contributed by atoms with Crippen molar-refractivity contribution in [1.82, 2.24) is 0 Å². The molecule has 2 nitrogen and oxygen atoms in total. The molecule has 0 radical (unpaired) electrons. The van der Waals surface area contributed by atoms with E-state index in [2.05, 4.69) is 4.74 Å². The fourth-order valence-electron chi connectivity index (χ4n) is 1.27. The third kappa shape index (κ3) is 4.74. The van der Waals surface area contributed by atoms with Crippen molar-refractivity contribution in [1.29, 1.82) is 0 Å². The van der Waals surface area contributed by atoms with E-state index in [1.165, 1.54) is 23.9 Å². The number of rotatable bonds is 7. The van der Waals surface area contributed by atoms with Crippen LogP contribution in [0.2, 0.25) is 0 Å². The van der Waals surface area contributed by atoms with Crippen molar-refractivity contribution in [3.05, 3.63) is 29.8 Å². The summed E-state index contributed by atoms with van der Waals surface area (Å²) in [5.41, 5.74) is 0.164. The summed E-state index contributed by atoms with van der Waals surface area (Å²) in [4.78, 5) is 11.7. The Hall–Kier alpha value is -1.24. The second-order valence-corrected chi connectivity index (χ2v) is 4.64. The van der Waals surface area contributed by atoms with Gasteiger partial charge in [-0.1, -0.05) is 12.1 Å². The quantitative estimate of drug-likeness (QED) is 0.564. The van der Waals surface area contributed by atoms with Crippen LogP contribution in [0.5, 0.6) is 5.75 Å². The van der Waals surface area contributed by atoms with Crippen molar-refractivity contribution in [2.45, 2.75) is 19.0 Å². The summed E-state index contributed by atoms with van der Waals surface area (Å²) in [6, 6.07) is 4.87. The highest BCUT2D eigenvalue weighted by atomic mass is 32.2. The van der Waals surface area contributed by atoms with Gasteiger partial charge in [0.15, 0.2) is 5.78 Å². The summed E-state index contributed by atoms with van der Waals surface area (Å²) < 4.78 is 53.3. The second-order valence-electron chi connectivity index (χ2n) is 3.66. The first-order chi connectivity index (χ1) is 8.86. The lowest BCUT2D eigenvalue weighted by Crippen LogP contribution is -2.33. The zero-order valence-electron chi connectivity index (χ0n) is 10.0. The molecule has 0 aliphatic heterocycles. The summed E-state index contributed by atoms with van der Waals surface area (Å²) in [7, 11) is 0. The van der Waals surface area contributed by atoms with Crippen molar-refractivity contribution in [2.75, 3.05) is 12.0 Å². The molecule has 0 atom stereocenters. The van der Waals surface area contributed by atoms with E-state index in [0.29, 0.717) is 5.75 Å².